The summed E-state index contributed by atoms with van der Waals surface area (Å²) in [6, 6.07) is 0. The zero-order chi connectivity index (χ0) is 10.4. The SMILES string of the molecule is CC(=O)CCC(=O)CC(=O)N(C)C. The number of rotatable bonds is 5. The van der Waals surface area contributed by atoms with Gasteiger partial charge < -0.3 is 9.69 Å². The van der Waals surface area contributed by atoms with Gasteiger partial charge in [0, 0.05) is 26.9 Å². The molecule has 0 aliphatic rings. The highest BCUT2D eigenvalue weighted by molar-refractivity contribution is 5.98. The highest BCUT2D eigenvalue weighted by atomic mass is 16.2. The van der Waals surface area contributed by atoms with E-state index in [1.54, 1.807) is 14.1 Å². The maximum atomic E-state index is 11.1. The van der Waals surface area contributed by atoms with Crippen LogP contribution in [0.3, 0.4) is 0 Å². The van der Waals surface area contributed by atoms with Crippen molar-refractivity contribution in [3.05, 3.63) is 0 Å². The van der Waals surface area contributed by atoms with E-state index in [-0.39, 0.29) is 36.7 Å². The molecule has 0 aromatic carbocycles. The quantitative estimate of drug-likeness (QED) is 0.583. The fraction of sp³-hybridized carbons (Fsp3) is 0.667. The molecule has 0 fully saturated rings. The van der Waals surface area contributed by atoms with E-state index in [0.29, 0.717) is 0 Å². The van der Waals surface area contributed by atoms with Gasteiger partial charge in [-0.2, -0.15) is 0 Å². The van der Waals surface area contributed by atoms with Gasteiger partial charge >= 0.3 is 0 Å². The minimum absolute atomic E-state index is 0.0225. The van der Waals surface area contributed by atoms with E-state index in [9.17, 15) is 14.4 Å². The number of carbonyl (C=O) groups is 3. The number of amides is 1. The second kappa shape index (κ2) is 5.45. The van der Waals surface area contributed by atoms with Crippen molar-refractivity contribution >= 4 is 17.5 Å². The van der Waals surface area contributed by atoms with E-state index in [1.165, 1.54) is 11.8 Å². The molecular formula is C9H15NO3. The van der Waals surface area contributed by atoms with Gasteiger partial charge in [-0.15, -0.1) is 0 Å². The number of Topliss-reactive ketones (excluding diaryl/α,β-unsaturated/α-hetero) is 2. The van der Waals surface area contributed by atoms with Crippen LogP contribution in [0.2, 0.25) is 0 Å². The van der Waals surface area contributed by atoms with E-state index < -0.39 is 0 Å². The summed E-state index contributed by atoms with van der Waals surface area (Å²) in [4.78, 5) is 34.0. The van der Waals surface area contributed by atoms with Gasteiger partial charge in [0.1, 0.15) is 11.6 Å². The molecule has 1 amide bonds. The van der Waals surface area contributed by atoms with Crippen LogP contribution in [-0.4, -0.2) is 36.5 Å². The molecule has 0 N–H and O–H groups in total. The number of nitrogens with zero attached hydrogens (tertiary/aromatic N) is 1. The fourth-order valence-electron chi connectivity index (χ4n) is 0.731. The Labute approximate surface area is 77.9 Å². The topological polar surface area (TPSA) is 54.5 Å². The maximum absolute atomic E-state index is 11.1. The average molecular weight is 185 g/mol. The van der Waals surface area contributed by atoms with Crippen LogP contribution in [0.25, 0.3) is 0 Å². The third kappa shape index (κ3) is 6.02. The summed E-state index contributed by atoms with van der Waals surface area (Å²) in [7, 11) is 3.20. The Morgan fingerprint density at radius 3 is 2.00 bits per heavy atom. The summed E-state index contributed by atoms with van der Waals surface area (Å²) in [5.74, 6) is -0.409. The van der Waals surface area contributed by atoms with Crippen molar-refractivity contribution in [2.24, 2.45) is 0 Å². The lowest BCUT2D eigenvalue weighted by molar-refractivity contribution is -0.134. The summed E-state index contributed by atoms with van der Waals surface area (Å²) >= 11 is 0. The van der Waals surface area contributed by atoms with Crippen molar-refractivity contribution in [2.45, 2.75) is 26.2 Å². The first-order valence-corrected chi connectivity index (χ1v) is 4.14. The highest BCUT2D eigenvalue weighted by Crippen LogP contribution is 1.98. The Balaban J connectivity index is 3.75. The van der Waals surface area contributed by atoms with Crippen molar-refractivity contribution in [3.63, 3.8) is 0 Å². The van der Waals surface area contributed by atoms with Crippen LogP contribution in [0, 0.1) is 0 Å². The van der Waals surface area contributed by atoms with Crippen molar-refractivity contribution in [2.75, 3.05) is 14.1 Å². The minimum Gasteiger partial charge on any atom is -0.348 e. The maximum Gasteiger partial charge on any atom is 0.229 e. The first-order valence-electron chi connectivity index (χ1n) is 4.14. The molecular weight excluding hydrogens is 170 g/mol. The zero-order valence-electron chi connectivity index (χ0n) is 8.29. The third-order valence-corrected chi connectivity index (χ3v) is 1.60. The van der Waals surface area contributed by atoms with E-state index in [0.717, 1.165) is 0 Å². The van der Waals surface area contributed by atoms with Crippen LogP contribution in [0.5, 0.6) is 0 Å². The van der Waals surface area contributed by atoms with Crippen LogP contribution < -0.4 is 0 Å². The molecule has 13 heavy (non-hydrogen) atoms. The lowest BCUT2D eigenvalue weighted by Gasteiger charge is -2.08. The molecule has 0 atom stereocenters. The number of hydrogen-bond acceptors (Lipinski definition) is 3. The average Bonchev–Trinajstić information content (AvgIpc) is 2.00. The number of hydrogen-bond donors (Lipinski definition) is 0. The van der Waals surface area contributed by atoms with E-state index >= 15 is 0 Å². The van der Waals surface area contributed by atoms with Crippen LogP contribution >= 0.6 is 0 Å². The second-order valence-corrected chi connectivity index (χ2v) is 3.21. The molecule has 0 aliphatic heterocycles. The van der Waals surface area contributed by atoms with Gasteiger partial charge in [-0.1, -0.05) is 0 Å². The van der Waals surface area contributed by atoms with Gasteiger partial charge in [-0.25, -0.2) is 0 Å². The Hall–Kier alpha value is -1.19. The van der Waals surface area contributed by atoms with E-state index in [1.807, 2.05) is 0 Å². The number of carbonyl (C=O) groups excluding carboxylic acids is 3. The molecule has 0 unspecified atom stereocenters. The summed E-state index contributed by atoms with van der Waals surface area (Å²) < 4.78 is 0. The Kier molecular flexibility index (Phi) is 4.96. The molecule has 74 valence electrons. The minimum atomic E-state index is -0.214. The van der Waals surface area contributed by atoms with Gasteiger partial charge in [0.05, 0.1) is 6.42 Å². The molecule has 0 radical (unpaired) electrons. The van der Waals surface area contributed by atoms with Gasteiger partial charge in [0.15, 0.2) is 0 Å². The standard InChI is InChI=1S/C9H15NO3/c1-7(11)4-5-8(12)6-9(13)10(2)3/h4-6H2,1-3H3. The molecule has 0 aromatic heterocycles. The third-order valence-electron chi connectivity index (χ3n) is 1.60. The summed E-state index contributed by atoms with van der Waals surface area (Å²) in [5.41, 5.74) is 0. The Morgan fingerprint density at radius 1 is 1.08 bits per heavy atom. The van der Waals surface area contributed by atoms with Crippen LogP contribution in [0.15, 0.2) is 0 Å². The summed E-state index contributed by atoms with van der Waals surface area (Å²) in [6.07, 6.45) is 0.314. The Bertz CT molecular complexity index is 221. The second-order valence-electron chi connectivity index (χ2n) is 3.21. The number of ketones is 2. The molecule has 0 rings (SSSR count). The monoisotopic (exact) mass is 185 g/mol. The van der Waals surface area contributed by atoms with Crippen molar-refractivity contribution in [1.29, 1.82) is 0 Å². The van der Waals surface area contributed by atoms with E-state index in [4.69, 9.17) is 0 Å². The first-order chi connectivity index (χ1) is 5.93. The normalized spacial score (nSPS) is 9.46. The zero-order valence-corrected chi connectivity index (χ0v) is 8.29. The van der Waals surface area contributed by atoms with Crippen LogP contribution in [-0.2, 0) is 14.4 Å². The predicted molar refractivity (Wildman–Crippen MR) is 48.2 cm³/mol. The fourth-order valence-corrected chi connectivity index (χ4v) is 0.731. The molecule has 0 aliphatic carbocycles. The smallest absolute Gasteiger partial charge is 0.229 e. The molecule has 0 bridgehead atoms. The molecule has 0 saturated heterocycles. The van der Waals surface area contributed by atoms with Crippen LogP contribution in [0.1, 0.15) is 26.2 Å². The van der Waals surface area contributed by atoms with Crippen molar-refractivity contribution in [1.82, 2.24) is 4.90 Å². The van der Waals surface area contributed by atoms with Gasteiger partial charge in [0.25, 0.3) is 0 Å². The van der Waals surface area contributed by atoms with Gasteiger partial charge in [-0.3, -0.25) is 9.59 Å². The lowest BCUT2D eigenvalue weighted by atomic mass is 10.1. The molecule has 4 heteroatoms. The molecule has 0 heterocycles. The lowest BCUT2D eigenvalue weighted by Crippen LogP contribution is -2.24. The molecule has 4 nitrogen and oxygen atoms in total. The molecule has 0 aromatic rings. The van der Waals surface area contributed by atoms with Gasteiger partial charge in [0.2, 0.25) is 5.91 Å². The highest BCUT2D eigenvalue weighted by Gasteiger charge is 2.11. The van der Waals surface area contributed by atoms with Gasteiger partial charge in [-0.05, 0) is 6.92 Å². The summed E-state index contributed by atoms with van der Waals surface area (Å²) in [6.45, 7) is 1.43. The van der Waals surface area contributed by atoms with Crippen LogP contribution in [0.4, 0.5) is 0 Å². The largest absolute Gasteiger partial charge is 0.348 e. The van der Waals surface area contributed by atoms with Crippen molar-refractivity contribution in [3.8, 4) is 0 Å². The summed E-state index contributed by atoms with van der Waals surface area (Å²) in [5, 5.41) is 0. The molecule has 0 saturated carbocycles. The van der Waals surface area contributed by atoms with E-state index in [2.05, 4.69) is 0 Å². The predicted octanol–water partition coefficient (Wildman–Crippen LogP) is 0.403. The van der Waals surface area contributed by atoms with Crippen molar-refractivity contribution < 1.29 is 14.4 Å². The Morgan fingerprint density at radius 2 is 1.62 bits per heavy atom. The molecule has 0 spiro atoms. The first kappa shape index (κ1) is 11.8.